The van der Waals surface area contributed by atoms with Crippen molar-refractivity contribution in [1.29, 1.82) is 0 Å². The Bertz CT molecular complexity index is 509. The van der Waals surface area contributed by atoms with Crippen LogP contribution in [0.5, 0.6) is 0 Å². The summed E-state index contributed by atoms with van der Waals surface area (Å²) in [5.41, 5.74) is 8.41. The molecule has 16 heavy (non-hydrogen) atoms. The van der Waals surface area contributed by atoms with Gasteiger partial charge in [0.05, 0.1) is 11.1 Å². The van der Waals surface area contributed by atoms with Gasteiger partial charge in [-0.2, -0.15) is 0 Å². The summed E-state index contributed by atoms with van der Waals surface area (Å²) in [6.45, 7) is 2.09. The normalized spacial score (nSPS) is 12.8. The lowest BCUT2D eigenvalue weighted by Crippen LogP contribution is -2.10. The van der Waals surface area contributed by atoms with Crippen LogP contribution >= 0.6 is 45.5 Å². The van der Waals surface area contributed by atoms with E-state index in [0.717, 1.165) is 19.7 Å². The van der Waals surface area contributed by atoms with Crippen molar-refractivity contribution in [2.75, 3.05) is 0 Å². The highest BCUT2D eigenvalue weighted by molar-refractivity contribution is 14.1. The van der Waals surface area contributed by atoms with Gasteiger partial charge in [0.1, 0.15) is 0 Å². The Morgan fingerprint density at radius 3 is 2.62 bits per heavy atom. The third kappa shape index (κ3) is 2.59. The third-order valence-corrected chi connectivity index (χ3v) is 4.86. The van der Waals surface area contributed by atoms with E-state index in [1.165, 1.54) is 4.88 Å². The van der Waals surface area contributed by atoms with Crippen LogP contribution in [-0.4, -0.2) is 0 Å². The molecule has 0 aliphatic carbocycles. The Morgan fingerprint density at radius 1 is 1.31 bits per heavy atom. The van der Waals surface area contributed by atoms with E-state index in [4.69, 9.17) is 17.3 Å². The summed E-state index contributed by atoms with van der Waals surface area (Å²) in [7, 11) is 0. The number of rotatable bonds is 2. The first-order valence-electron chi connectivity index (χ1n) is 4.83. The zero-order chi connectivity index (χ0) is 11.7. The smallest absolute Gasteiger partial charge is 0.0560 e. The molecule has 0 saturated carbocycles. The van der Waals surface area contributed by atoms with Crippen molar-refractivity contribution in [3.05, 3.63) is 54.2 Å². The molecule has 0 aliphatic rings. The first-order valence-corrected chi connectivity index (χ1v) is 7.17. The number of benzene rings is 1. The lowest BCUT2D eigenvalue weighted by Gasteiger charge is -2.11. The van der Waals surface area contributed by atoms with E-state index in [1.807, 2.05) is 18.2 Å². The molecule has 2 N–H and O–H groups in total. The molecular weight excluding hydrogens is 353 g/mol. The largest absolute Gasteiger partial charge is 0.320 e. The summed E-state index contributed by atoms with van der Waals surface area (Å²) in [6.07, 6.45) is 0. The molecule has 1 heterocycles. The minimum Gasteiger partial charge on any atom is -0.320 e. The highest BCUT2D eigenvalue weighted by Gasteiger charge is 2.11. The molecule has 0 radical (unpaired) electrons. The average Bonchev–Trinajstić information content (AvgIpc) is 2.68. The van der Waals surface area contributed by atoms with Gasteiger partial charge in [0, 0.05) is 8.45 Å². The van der Waals surface area contributed by atoms with E-state index >= 15 is 0 Å². The molecular formula is C12H11ClINS. The Balaban J connectivity index is 2.33. The lowest BCUT2D eigenvalue weighted by atomic mass is 10.0. The highest BCUT2D eigenvalue weighted by atomic mass is 127. The number of hydrogen-bond acceptors (Lipinski definition) is 2. The molecule has 0 spiro atoms. The molecule has 1 nitrogen and oxygen atoms in total. The summed E-state index contributed by atoms with van der Waals surface area (Å²) >= 11 is 10.0. The second-order valence-electron chi connectivity index (χ2n) is 3.64. The summed E-state index contributed by atoms with van der Waals surface area (Å²) in [4.78, 5) is 1.28. The number of thiophene rings is 1. The fraction of sp³-hybridized carbons (Fsp3) is 0.167. The van der Waals surface area contributed by atoms with E-state index in [1.54, 1.807) is 11.3 Å². The molecule has 2 rings (SSSR count). The van der Waals surface area contributed by atoms with Gasteiger partial charge in [-0.05, 0) is 64.2 Å². The van der Waals surface area contributed by atoms with Crippen molar-refractivity contribution in [2.24, 2.45) is 5.73 Å². The van der Waals surface area contributed by atoms with Gasteiger partial charge >= 0.3 is 0 Å². The zero-order valence-corrected chi connectivity index (χ0v) is 12.4. The second kappa shape index (κ2) is 5.04. The minimum atomic E-state index is -0.0838. The predicted molar refractivity (Wildman–Crippen MR) is 79.3 cm³/mol. The highest BCUT2D eigenvalue weighted by Crippen LogP contribution is 2.27. The van der Waals surface area contributed by atoms with Crippen molar-refractivity contribution in [2.45, 2.75) is 13.0 Å². The second-order valence-corrected chi connectivity index (χ2v) is 6.33. The average molecular weight is 364 g/mol. The third-order valence-electron chi connectivity index (χ3n) is 2.41. The minimum absolute atomic E-state index is 0.0838. The molecule has 1 atom stereocenters. The Hall–Kier alpha value is -0.100. The van der Waals surface area contributed by atoms with Crippen molar-refractivity contribution in [3.8, 4) is 0 Å². The van der Waals surface area contributed by atoms with Gasteiger partial charge in [-0.3, -0.25) is 0 Å². The fourth-order valence-electron chi connectivity index (χ4n) is 1.53. The van der Waals surface area contributed by atoms with Gasteiger partial charge < -0.3 is 5.73 Å². The first kappa shape index (κ1) is 12.4. The molecule has 0 bridgehead atoms. The Labute approximate surface area is 118 Å². The van der Waals surface area contributed by atoms with E-state index in [0.29, 0.717) is 0 Å². The molecule has 2 aromatic rings. The maximum atomic E-state index is 6.19. The van der Waals surface area contributed by atoms with Gasteiger partial charge in [0.2, 0.25) is 0 Å². The van der Waals surface area contributed by atoms with Crippen LogP contribution in [0.15, 0.2) is 29.6 Å². The maximum absolute atomic E-state index is 6.19. The molecule has 0 saturated heterocycles. The first-order chi connectivity index (χ1) is 7.58. The van der Waals surface area contributed by atoms with Gasteiger partial charge in [0.15, 0.2) is 0 Å². The fourth-order valence-corrected chi connectivity index (χ4v) is 2.79. The van der Waals surface area contributed by atoms with Crippen LogP contribution in [0.2, 0.25) is 5.02 Å². The van der Waals surface area contributed by atoms with E-state index in [-0.39, 0.29) is 6.04 Å². The summed E-state index contributed by atoms with van der Waals surface area (Å²) in [5.74, 6) is 0. The van der Waals surface area contributed by atoms with Gasteiger partial charge in [0.25, 0.3) is 0 Å². The van der Waals surface area contributed by atoms with Gasteiger partial charge in [-0.25, -0.2) is 0 Å². The lowest BCUT2D eigenvalue weighted by molar-refractivity contribution is 0.876. The molecule has 0 fully saturated rings. The predicted octanol–water partition coefficient (Wildman–Crippen LogP) is 4.36. The topological polar surface area (TPSA) is 26.0 Å². The molecule has 1 unspecified atom stereocenters. The van der Waals surface area contributed by atoms with Crippen LogP contribution in [0.3, 0.4) is 0 Å². The Kier molecular flexibility index (Phi) is 3.89. The van der Waals surface area contributed by atoms with Crippen LogP contribution in [0.4, 0.5) is 0 Å². The molecule has 0 amide bonds. The van der Waals surface area contributed by atoms with Crippen molar-refractivity contribution in [3.63, 3.8) is 0 Å². The molecule has 4 heteroatoms. The van der Waals surface area contributed by atoms with Crippen LogP contribution in [-0.2, 0) is 0 Å². The summed E-state index contributed by atoms with van der Waals surface area (Å²) in [5, 5.41) is 2.87. The van der Waals surface area contributed by atoms with Crippen LogP contribution in [0, 0.1) is 10.5 Å². The van der Waals surface area contributed by atoms with E-state index < -0.39 is 0 Å². The quantitative estimate of drug-likeness (QED) is 0.788. The number of aryl methyl sites for hydroxylation is 1. The van der Waals surface area contributed by atoms with Crippen molar-refractivity contribution >= 4 is 45.5 Å². The van der Waals surface area contributed by atoms with Crippen LogP contribution in [0.25, 0.3) is 0 Å². The standard InChI is InChI=1S/C12H11ClINS/c1-7-4-9(6-16-7)12(15)8-2-3-11(14)10(13)5-8/h2-6,12H,15H2,1H3. The number of halogens is 2. The molecule has 1 aromatic carbocycles. The van der Waals surface area contributed by atoms with E-state index in [2.05, 4.69) is 41.0 Å². The van der Waals surface area contributed by atoms with Crippen molar-refractivity contribution < 1.29 is 0 Å². The summed E-state index contributed by atoms with van der Waals surface area (Å²) in [6, 6.07) is 8.02. The molecule has 84 valence electrons. The summed E-state index contributed by atoms with van der Waals surface area (Å²) < 4.78 is 1.05. The molecule has 0 aliphatic heterocycles. The van der Waals surface area contributed by atoms with Crippen LogP contribution < -0.4 is 5.73 Å². The zero-order valence-electron chi connectivity index (χ0n) is 8.71. The Morgan fingerprint density at radius 2 is 2.06 bits per heavy atom. The molecule has 1 aromatic heterocycles. The van der Waals surface area contributed by atoms with E-state index in [9.17, 15) is 0 Å². The van der Waals surface area contributed by atoms with Gasteiger partial charge in [-0.1, -0.05) is 17.7 Å². The SMILES string of the molecule is Cc1cc(C(N)c2ccc(I)c(Cl)c2)cs1. The number of nitrogens with two attached hydrogens (primary N) is 1. The number of hydrogen-bond donors (Lipinski definition) is 1. The van der Waals surface area contributed by atoms with Gasteiger partial charge in [-0.15, -0.1) is 11.3 Å². The van der Waals surface area contributed by atoms with Crippen LogP contribution in [0.1, 0.15) is 22.0 Å². The van der Waals surface area contributed by atoms with Crippen molar-refractivity contribution in [1.82, 2.24) is 0 Å². The monoisotopic (exact) mass is 363 g/mol. The maximum Gasteiger partial charge on any atom is 0.0560 e.